The first kappa shape index (κ1) is 17.8. The summed E-state index contributed by atoms with van der Waals surface area (Å²) in [6.07, 6.45) is 3.89. The van der Waals surface area contributed by atoms with Crippen LogP contribution in [0.15, 0.2) is 30.3 Å². The summed E-state index contributed by atoms with van der Waals surface area (Å²) in [5.74, 6) is 2.45. The first-order valence-corrected chi connectivity index (χ1v) is 10.3. The predicted molar refractivity (Wildman–Crippen MR) is 101 cm³/mol. The van der Waals surface area contributed by atoms with Crippen LogP contribution in [0.5, 0.6) is 0 Å². The van der Waals surface area contributed by atoms with Gasteiger partial charge in [-0.3, -0.25) is 4.79 Å². The lowest BCUT2D eigenvalue weighted by molar-refractivity contribution is -0.122. The Bertz CT molecular complexity index is 497. The maximum absolute atomic E-state index is 12.2. The van der Waals surface area contributed by atoms with Crippen molar-refractivity contribution in [3.05, 3.63) is 35.9 Å². The monoisotopic (exact) mass is 347 g/mol. The van der Waals surface area contributed by atoms with Crippen molar-refractivity contribution in [3.63, 3.8) is 0 Å². The fourth-order valence-corrected chi connectivity index (χ4v) is 4.44. The van der Waals surface area contributed by atoms with Crippen LogP contribution in [0, 0.1) is 0 Å². The van der Waals surface area contributed by atoms with Gasteiger partial charge in [0.2, 0.25) is 5.91 Å². The molecule has 0 radical (unpaired) electrons. The number of piperidine rings is 1. The van der Waals surface area contributed by atoms with Gasteiger partial charge >= 0.3 is 0 Å². The predicted octanol–water partition coefficient (Wildman–Crippen LogP) is 1.90. The van der Waals surface area contributed by atoms with Gasteiger partial charge < -0.3 is 15.5 Å². The van der Waals surface area contributed by atoms with Gasteiger partial charge in [0.15, 0.2) is 0 Å². The number of likely N-dealkylation sites (tertiary alicyclic amines) is 1. The van der Waals surface area contributed by atoms with Crippen LogP contribution in [0.4, 0.5) is 0 Å². The van der Waals surface area contributed by atoms with Gasteiger partial charge in [0, 0.05) is 56.2 Å². The topological polar surface area (TPSA) is 44.4 Å². The third-order valence-corrected chi connectivity index (χ3v) is 6.07. The van der Waals surface area contributed by atoms with Crippen LogP contribution in [-0.2, 0) is 11.2 Å². The SMILES string of the molecule is O=C(CC1CSCCN1)NC1CCN(CCc2ccccc2)CC1. The molecule has 1 unspecified atom stereocenters. The molecule has 2 aliphatic rings. The van der Waals surface area contributed by atoms with Crippen molar-refractivity contribution >= 4 is 17.7 Å². The molecule has 0 saturated carbocycles. The van der Waals surface area contributed by atoms with Crippen LogP contribution in [0.2, 0.25) is 0 Å². The van der Waals surface area contributed by atoms with E-state index in [1.165, 1.54) is 11.3 Å². The number of carbonyl (C=O) groups is 1. The fourth-order valence-electron chi connectivity index (χ4n) is 3.49. The third-order valence-electron chi connectivity index (χ3n) is 4.94. The normalized spacial score (nSPS) is 23.1. The van der Waals surface area contributed by atoms with Crippen LogP contribution in [-0.4, -0.2) is 60.6 Å². The van der Waals surface area contributed by atoms with Crippen molar-refractivity contribution in [1.82, 2.24) is 15.5 Å². The molecule has 4 nitrogen and oxygen atoms in total. The van der Waals surface area contributed by atoms with Gasteiger partial charge in [-0.15, -0.1) is 0 Å². The molecule has 1 atom stereocenters. The van der Waals surface area contributed by atoms with Crippen molar-refractivity contribution < 1.29 is 4.79 Å². The minimum Gasteiger partial charge on any atom is -0.353 e. The highest BCUT2D eigenvalue weighted by Gasteiger charge is 2.22. The summed E-state index contributed by atoms with van der Waals surface area (Å²) in [6, 6.07) is 11.4. The summed E-state index contributed by atoms with van der Waals surface area (Å²) in [5, 5.41) is 6.68. The average molecular weight is 348 g/mol. The smallest absolute Gasteiger partial charge is 0.221 e. The number of carbonyl (C=O) groups excluding carboxylic acids is 1. The summed E-state index contributed by atoms with van der Waals surface area (Å²) in [5.41, 5.74) is 1.41. The lowest BCUT2D eigenvalue weighted by Gasteiger charge is -2.32. The molecule has 2 saturated heterocycles. The minimum atomic E-state index is 0.220. The minimum absolute atomic E-state index is 0.220. The molecular weight excluding hydrogens is 318 g/mol. The molecule has 0 spiro atoms. The van der Waals surface area contributed by atoms with Gasteiger partial charge in [-0.2, -0.15) is 11.8 Å². The Balaban J connectivity index is 1.32. The lowest BCUT2D eigenvalue weighted by atomic mass is 10.0. The fraction of sp³-hybridized carbons (Fsp3) is 0.632. The number of nitrogens with one attached hydrogen (secondary N) is 2. The maximum atomic E-state index is 12.2. The molecule has 3 rings (SSSR count). The zero-order valence-electron chi connectivity index (χ0n) is 14.4. The van der Waals surface area contributed by atoms with Crippen LogP contribution in [0.3, 0.4) is 0 Å². The Labute approximate surface area is 149 Å². The van der Waals surface area contributed by atoms with Crippen LogP contribution in [0.1, 0.15) is 24.8 Å². The quantitative estimate of drug-likeness (QED) is 0.825. The molecular formula is C19H29N3OS. The number of rotatable bonds is 6. The van der Waals surface area contributed by atoms with Crippen molar-refractivity contribution in [2.45, 2.75) is 37.8 Å². The molecule has 5 heteroatoms. The molecule has 132 valence electrons. The summed E-state index contributed by atoms with van der Waals surface area (Å²) >= 11 is 1.95. The first-order chi connectivity index (χ1) is 11.8. The summed E-state index contributed by atoms with van der Waals surface area (Å²) < 4.78 is 0. The van der Waals surface area contributed by atoms with Gasteiger partial charge in [0.05, 0.1) is 0 Å². The number of benzene rings is 1. The Morgan fingerprint density at radius 3 is 2.75 bits per heavy atom. The Kier molecular flexibility index (Phi) is 6.99. The standard InChI is InChI=1S/C19H29N3OS/c23-19(14-18-15-24-13-9-20-18)21-17-7-11-22(12-8-17)10-6-16-4-2-1-3-5-16/h1-5,17-18,20H,6-15H2,(H,21,23). The molecule has 2 N–H and O–H groups in total. The molecule has 1 amide bonds. The molecule has 0 bridgehead atoms. The van der Waals surface area contributed by atoms with Crippen LogP contribution in [0.25, 0.3) is 0 Å². The van der Waals surface area contributed by atoms with E-state index < -0.39 is 0 Å². The van der Waals surface area contributed by atoms with E-state index in [0.717, 1.165) is 51.2 Å². The van der Waals surface area contributed by atoms with Crippen molar-refractivity contribution in [1.29, 1.82) is 0 Å². The maximum Gasteiger partial charge on any atom is 0.221 e. The first-order valence-electron chi connectivity index (χ1n) is 9.16. The lowest BCUT2D eigenvalue weighted by Crippen LogP contribution is -2.47. The molecule has 1 aromatic carbocycles. The van der Waals surface area contributed by atoms with E-state index in [-0.39, 0.29) is 5.91 Å². The second-order valence-electron chi connectivity index (χ2n) is 6.85. The van der Waals surface area contributed by atoms with Gasteiger partial charge in [-0.1, -0.05) is 30.3 Å². The molecule has 2 fully saturated rings. The summed E-state index contributed by atoms with van der Waals surface area (Å²) in [6.45, 7) is 4.33. The Morgan fingerprint density at radius 1 is 1.25 bits per heavy atom. The molecule has 0 aliphatic carbocycles. The molecule has 1 aromatic rings. The highest BCUT2D eigenvalue weighted by Crippen LogP contribution is 2.13. The number of amides is 1. The van der Waals surface area contributed by atoms with Crippen molar-refractivity contribution in [2.24, 2.45) is 0 Å². The van der Waals surface area contributed by atoms with Gasteiger partial charge in [-0.05, 0) is 24.8 Å². The van der Waals surface area contributed by atoms with E-state index in [4.69, 9.17) is 0 Å². The van der Waals surface area contributed by atoms with E-state index >= 15 is 0 Å². The number of hydrogen-bond donors (Lipinski definition) is 2. The third kappa shape index (κ3) is 5.80. The van der Waals surface area contributed by atoms with Crippen molar-refractivity contribution in [2.75, 3.05) is 37.7 Å². The number of hydrogen-bond acceptors (Lipinski definition) is 4. The molecule has 0 aromatic heterocycles. The summed E-state index contributed by atoms with van der Waals surface area (Å²) in [7, 11) is 0. The van der Waals surface area contributed by atoms with E-state index in [2.05, 4.69) is 45.9 Å². The van der Waals surface area contributed by atoms with Crippen LogP contribution >= 0.6 is 11.8 Å². The molecule has 2 aliphatic heterocycles. The Hall–Kier alpha value is -1.04. The van der Waals surface area contributed by atoms with Gasteiger partial charge in [0.1, 0.15) is 0 Å². The van der Waals surface area contributed by atoms with Crippen LogP contribution < -0.4 is 10.6 Å². The van der Waals surface area contributed by atoms with E-state index in [9.17, 15) is 4.79 Å². The zero-order valence-corrected chi connectivity index (χ0v) is 15.2. The highest BCUT2D eigenvalue weighted by molar-refractivity contribution is 7.99. The molecule has 2 heterocycles. The van der Waals surface area contributed by atoms with Crippen molar-refractivity contribution in [3.8, 4) is 0 Å². The summed E-state index contributed by atoms with van der Waals surface area (Å²) in [4.78, 5) is 14.7. The Morgan fingerprint density at radius 2 is 2.04 bits per heavy atom. The van der Waals surface area contributed by atoms with E-state index in [1.807, 2.05) is 11.8 Å². The van der Waals surface area contributed by atoms with Gasteiger partial charge in [0.25, 0.3) is 0 Å². The number of nitrogens with zero attached hydrogens (tertiary/aromatic N) is 1. The average Bonchev–Trinajstić information content (AvgIpc) is 2.63. The van der Waals surface area contributed by atoms with E-state index in [0.29, 0.717) is 18.5 Å². The second-order valence-corrected chi connectivity index (χ2v) is 8.00. The number of thioether (sulfide) groups is 1. The molecule has 24 heavy (non-hydrogen) atoms. The van der Waals surface area contributed by atoms with E-state index in [1.54, 1.807) is 0 Å². The highest BCUT2D eigenvalue weighted by atomic mass is 32.2. The second kappa shape index (κ2) is 9.44. The largest absolute Gasteiger partial charge is 0.353 e. The zero-order chi connectivity index (χ0) is 16.6. The van der Waals surface area contributed by atoms with Gasteiger partial charge in [-0.25, -0.2) is 0 Å².